The van der Waals surface area contributed by atoms with E-state index in [1.165, 1.54) is 0 Å². The van der Waals surface area contributed by atoms with Crippen molar-refractivity contribution in [1.82, 2.24) is 0 Å². The molecule has 3 aliphatic heterocycles. The van der Waals surface area contributed by atoms with Gasteiger partial charge in [0.1, 0.15) is 24.4 Å². The summed E-state index contributed by atoms with van der Waals surface area (Å²) in [6.45, 7) is 0.614. The summed E-state index contributed by atoms with van der Waals surface area (Å²) in [7, 11) is 0. The fraction of sp³-hybridized carbons (Fsp3) is 0.333. The van der Waals surface area contributed by atoms with Crippen LogP contribution in [0.3, 0.4) is 0 Å². The monoisotopic (exact) mass is 446 g/mol. The molecule has 0 saturated carbocycles. The molecule has 3 aromatic carbocycles. The predicted octanol–water partition coefficient (Wildman–Crippen LogP) is 4.70. The minimum Gasteiger partial charge on any atom is -0.346 e. The summed E-state index contributed by atoms with van der Waals surface area (Å²) >= 11 is 0. The summed E-state index contributed by atoms with van der Waals surface area (Å²) in [5, 5.41) is 0. The molecule has 0 radical (unpaired) electrons. The Morgan fingerprint density at radius 3 is 1.27 bits per heavy atom. The third kappa shape index (κ3) is 4.34. The second-order valence-electron chi connectivity index (χ2n) is 8.44. The van der Waals surface area contributed by atoms with Gasteiger partial charge in [0.2, 0.25) is 0 Å². The van der Waals surface area contributed by atoms with Crippen LogP contribution in [0, 0.1) is 0 Å². The highest BCUT2D eigenvalue weighted by atomic mass is 16.8. The van der Waals surface area contributed by atoms with Crippen LogP contribution < -0.4 is 0 Å². The van der Waals surface area contributed by atoms with Crippen LogP contribution in [0.4, 0.5) is 0 Å². The van der Waals surface area contributed by atoms with E-state index in [-0.39, 0.29) is 12.2 Å². The summed E-state index contributed by atoms with van der Waals surface area (Å²) in [6, 6.07) is 29.7. The van der Waals surface area contributed by atoms with E-state index in [2.05, 4.69) is 0 Å². The molecule has 3 aliphatic rings. The van der Waals surface area contributed by atoms with Crippen LogP contribution in [0.15, 0.2) is 91.0 Å². The quantitative estimate of drug-likeness (QED) is 0.582. The van der Waals surface area contributed by atoms with Crippen LogP contribution in [0.2, 0.25) is 0 Å². The Morgan fingerprint density at radius 1 is 0.424 bits per heavy atom. The molecule has 3 aromatic rings. The molecule has 7 atom stereocenters. The van der Waals surface area contributed by atoms with Crippen LogP contribution in [0.1, 0.15) is 35.6 Å². The SMILES string of the molecule is c1ccc(C2OC[C@@H]3OC(c4ccccc4)OC[C@H]4OC(c5ccccc5)O[C@@H]3[C@H]4O2)cc1. The minimum atomic E-state index is -0.542. The predicted molar refractivity (Wildman–Crippen MR) is 119 cm³/mol. The second kappa shape index (κ2) is 9.35. The molecule has 3 saturated heterocycles. The molecule has 3 fully saturated rings. The molecule has 0 aliphatic carbocycles. The van der Waals surface area contributed by atoms with Crippen molar-refractivity contribution in [3.8, 4) is 0 Å². The second-order valence-corrected chi connectivity index (χ2v) is 8.44. The van der Waals surface area contributed by atoms with E-state index in [1.54, 1.807) is 0 Å². The highest BCUT2D eigenvalue weighted by molar-refractivity contribution is 5.19. The van der Waals surface area contributed by atoms with E-state index >= 15 is 0 Å². The lowest BCUT2D eigenvalue weighted by atomic mass is 10.00. The fourth-order valence-corrected chi connectivity index (χ4v) is 4.59. The maximum atomic E-state index is 6.49. The molecule has 4 bridgehead atoms. The summed E-state index contributed by atoms with van der Waals surface area (Å²) in [6.07, 6.45) is -3.14. The molecular weight excluding hydrogens is 420 g/mol. The van der Waals surface area contributed by atoms with Gasteiger partial charge in [-0.1, -0.05) is 91.0 Å². The first-order valence-corrected chi connectivity index (χ1v) is 11.3. The summed E-state index contributed by atoms with van der Waals surface area (Å²) in [5.41, 5.74) is 2.84. The van der Waals surface area contributed by atoms with Crippen LogP contribution in [0.25, 0.3) is 0 Å². The Morgan fingerprint density at radius 2 is 0.788 bits per heavy atom. The number of ether oxygens (including phenoxy) is 6. The van der Waals surface area contributed by atoms with Gasteiger partial charge in [0.25, 0.3) is 0 Å². The van der Waals surface area contributed by atoms with Gasteiger partial charge in [0.05, 0.1) is 13.2 Å². The van der Waals surface area contributed by atoms with E-state index in [1.807, 2.05) is 91.0 Å². The van der Waals surface area contributed by atoms with E-state index in [9.17, 15) is 0 Å². The Balaban J connectivity index is 1.34. The van der Waals surface area contributed by atoms with E-state index in [4.69, 9.17) is 28.4 Å². The Kier molecular flexibility index (Phi) is 5.94. The summed E-state index contributed by atoms with van der Waals surface area (Å²) in [5.74, 6) is 0. The van der Waals surface area contributed by atoms with Crippen molar-refractivity contribution in [3.63, 3.8) is 0 Å². The number of rotatable bonds is 3. The first-order chi connectivity index (χ1) is 16.3. The topological polar surface area (TPSA) is 55.4 Å². The van der Waals surface area contributed by atoms with Crippen molar-refractivity contribution in [1.29, 1.82) is 0 Å². The third-order valence-electron chi connectivity index (χ3n) is 6.25. The molecule has 0 amide bonds. The molecule has 6 rings (SSSR count). The smallest absolute Gasteiger partial charge is 0.184 e. The highest BCUT2D eigenvalue weighted by Gasteiger charge is 2.50. The van der Waals surface area contributed by atoms with Crippen molar-refractivity contribution < 1.29 is 28.4 Å². The largest absolute Gasteiger partial charge is 0.346 e. The first kappa shape index (κ1) is 21.0. The first-order valence-electron chi connectivity index (χ1n) is 11.3. The Hall–Kier alpha value is -2.58. The maximum absolute atomic E-state index is 6.49. The van der Waals surface area contributed by atoms with Gasteiger partial charge in [-0.2, -0.15) is 0 Å². The van der Waals surface area contributed by atoms with Crippen molar-refractivity contribution >= 4 is 0 Å². The fourth-order valence-electron chi connectivity index (χ4n) is 4.59. The van der Waals surface area contributed by atoms with Crippen LogP contribution in [-0.2, 0) is 28.4 Å². The molecule has 0 spiro atoms. The summed E-state index contributed by atoms with van der Waals surface area (Å²) in [4.78, 5) is 0. The van der Waals surface area contributed by atoms with Crippen molar-refractivity contribution in [3.05, 3.63) is 108 Å². The van der Waals surface area contributed by atoms with Crippen molar-refractivity contribution in [2.75, 3.05) is 13.2 Å². The van der Waals surface area contributed by atoms with Crippen LogP contribution in [-0.4, -0.2) is 37.6 Å². The van der Waals surface area contributed by atoms with Gasteiger partial charge in [-0.25, -0.2) is 0 Å². The lowest BCUT2D eigenvalue weighted by Crippen LogP contribution is -2.57. The number of benzene rings is 3. The van der Waals surface area contributed by atoms with Gasteiger partial charge >= 0.3 is 0 Å². The van der Waals surface area contributed by atoms with Gasteiger partial charge in [-0.15, -0.1) is 0 Å². The Labute approximate surface area is 192 Å². The molecule has 3 unspecified atom stereocenters. The molecule has 6 heteroatoms. The Bertz CT molecular complexity index is 939. The lowest BCUT2D eigenvalue weighted by molar-refractivity contribution is -0.354. The molecular formula is C27H26O6. The maximum Gasteiger partial charge on any atom is 0.184 e. The zero-order valence-corrected chi connectivity index (χ0v) is 18.1. The third-order valence-corrected chi connectivity index (χ3v) is 6.25. The standard InChI is InChI=1S/C27H26O6/c1-4-10-18(11-5-1)25-28-17-22-23-24(33-27(31-22)20-14-8-3-9-15-20)21(30-25)16-29-26(32-23)19-12-6-2-7-13-19/h1-15,21-27H,16-17H2/t21-,22+,23-,24-,25?,26?,27?/m0/s1. The minimum absolute atomic E-state index is 0.307. The van der Waals surface area contributed by atoms with E-state index in [0.29, 0.717) is 13.2 Å². The van der Waals surface area contributed by atoms with Crippen molar-refractivity contribution in [2.45, 2.75) is 43.3 Å². The molecule has 33 heavy (non-hydrogen) atoms. The molecule has 0 N–H and O–H groups in total. The van der Waals surface area contributed by atoms with E-state index in [0.717, 1.165) is 16.7 Å². The lowest BCUT2D eigenvalue weighted by Gasteiger charge is -2.45. The van der Waals surface area contributed by atoms with Gasteiger partial charge in [0, 0.05) is 16.7 Å². The number of hydrogen-bond donors (Lipinski definition) is 0. The van der Waals surface area contributed by atoms with Crippen LogP contribution >= 0.6 is 0 Å². The average molecular weight is 446 g/mol. The molecule has 0 aromatic heterocycles. The highest BCUT2D eigenvalue weighted by Crippen LogP contribution is 2.41. The number of hydrogen-bond acceptors (Lipinski definition) is 6. The van der Waals surface area contributed by atoms with Crippen LogP contribution in [0.5, 0.6) is 0 Å². The van der Waals surface area contributed by atoms with Gasteiger partial charge < -0.3 is 28.4 Å². The normalized spacial score (nSPS) is 34.0. The van der Waals surface area contributed by atoms with Crippen molar-refractivity contribution in [2.24, 2.45) is 0 Å². The van der Waals surface area contributed by atoms with Gasteiger partial charge in [0.15, 0.2) is 18.9 Å². The molecule has 6 nitrogen and oxygen atoms in total. The van der Waals surface area contributed by atoms with Gasteiger partial charge in [-0.3, -0.25) is 0 Å². The van der Waals surface area contributed by atoms with Gasteiger partial charge in [-0.05, 0) is 0 Å². The summed E-state index contributed by atoms with van der Waals surface area (Å²) < 4.78 is 38.3. The molecule has 170 valence electrons. The average Bonchev–Trinajstić information content (AvgIpc) is 3.09. The molecule has 3 heterocycles. The zero-order chi connectivity index (χ0) is 22.0. The van der Waals surface area contributed by atoms with E-state index < -0.39 is 31.1 Å². The zero-order valence-electron chi connectivity index (χ0n) is 18.1.